The largest absolute Gasteiger partial charge is 0.507 e. The van der Waals surface area contributed by atoms with Crippen molar-refractivity contribution < 1.29 is 14.6 Å². The molecule has 0 spiro atoms. The molecule has 1 aliphatic heterocycles. The average molecular weight is 199 g/mol. The summed E-state index contributed by atoms with van der Waals surface area (Å²) in [6.07, 6.45) is 5.58. The first kappa shape index (κ1) is 11.0. The first-order valence-corrected chi connectivity index (χ1v) is 5.15. The van der Waals surface area contributed by atoms with E-state index in [2.05, 4.69) is 16.7 Å². The van der Waals surface area contributed by atoms with Crippen molar-refractivity contribution in [3.63, 3.8) is 0 Å². The molecule has 0 radical (unpaired) electrons. The first-order chi connectivity index (χ1) is 6.72. The topological polar surface area (TPSA) is 58.9 Å². The standard InChI is InChI=1S/C10H17NO3/c1-2-3-4-5-8-6-9(11-7-8)14-10(12)13/h7-9H,2-6H2,1H3,(H,12,13). The van der Waals surface area contributed by atoms with Gasteiger partial charge in [0.05, 0.1) is 0 Å². The number of hydrogen-bond donors (Lipinski definition) is 1. The third kappa shape index (κ3) is 3.77. The summed E-state index contributed by atoms with van der Waals surface area (Å²) in [6.45, 7) is 2.17. The zero-order valence-corrected chi connectivity index (χ0v) is 8.48. The minimum absolute atomic E-state index is 0.408. The quantitative estimate of drug-likeness (QED) is 0.547. The molecule has 0 aromatic rings. The van der Waals surface area contributed by atoms with Crippen LogP contribution in [0.2, 0.25) is 0 Å². The predicted octanol–water partition coefficient (Wildman–Crippen LogP) is 2.68. The van der Waals surface area contributed by atoms with Crippen LogP contribution in [0.3, 0.4) is 0 Å². The molecule has 0 bridgehead atoms. The van der Waals surface area contributed by atoms with Crippen LogP contribution in [-0.2, 0) is 4.74 Å². The molecular weight excluding hydrogens is 182 g/mol. The van der Waals surface area contributed by atoms with Crippen LogP contribution in [0.25, 0.3) is 0 Å². The molecule has 80 valence electrons. The fourth-order valence-electron chi connectivity index (χ4n) is 1.64. The third-order valence-corrected chi connectivity index (χ3v) is 2.38. The second-order valence-electron chi connectivity index (χ2n) is 3.63. The van der Waals surface area contributed by atoms with Gasteiger partial charge in [0.1, 0.15) is 0 Å². The molecule has 1 N–H and O–H groups in total. The van der Waals surface area contributed by atoms with Crippen LogP contribution in [0.1, 0.15) is 39.0 Å². The summed E-state index contributed by atoms with van der Waals surface area (Å²) in [5.74, 6) is 0.408. The van der Waals surface area contributed by atoms with E-state index < -0.39 is 12.4 Å². The van der Waals surface area contributed by atoms with Gasteiger partial charge in [0.15, 0.2) is 6.23 Å². The Labute approximate surface area is 84.0 Å². The van der Waals surface area contributed by atoms with E-state index in [4.69, 9.17) is 5.11 Å². The Morgan fingerprint density at radius 2 is 2.43 bits per heavy atom. The minimum atomic E-state index is -1.23. The second kappa shape index (κ2) is 5.62. The van der Waals surface area contributed by atoms with E-state index in [-0.39, 0.29) is 0 Å². The lowest BCUT2D eigenvalue weighted by Gasteiger charge is -2.08. The number of unbranched alkanes of at least 4 members (excludes halogenated alkanes) is 2. The fourth-order valence-corrected chi connectivity index (χ4v) is 1.64. The number of rotatable bonds is 5. The van der Waals surface area contributed by atoms with E-state index in [9.17, 15) is 4.79 Å². The molecule has 0 saturated heterocycles. The summed E-state index contributed by atoms with van der Waals surface area (Å²) in [5, 5.41) is 8.38. The highest BCUT2D eigenvalue weighted by atomic mass is 16.7. The summed E-state index contributed by atoms with van der Waals surface area (Å²) in [4.78, 5) is 14.2. The second-order valence-corrected chi connectivity index (χ2v) is 3.63. The molecule has 0 aromatic heterocycles. The Morgan fingerprint density at radius 3 is 3.07 bits per heavy atom. The third-order valence-electron chi connectivity index (χ3n) is 2.38. The normalized spacial score (nSPS) is 25.2. The molecule has 0 saturated carbocycles. The van der Waals surface area contributed by atoms with Gasteiger partial charge in [0.2, 0.25) is 0 Å². The van der Waals surface area contributed by atoms with Gasteiger partial charge in [-0.25, -0.2) is 4.79 Å². The number of carbonyl (C=O) groups is 1. The number of carboxylic acid groups (broad SMARTS) is 1. The van der Waals surface area contributed by atoms with Gasteiger partial charge < -0.3 is 9.84 Å². The Bertz CT molecular complexity index is 215. The van der Waals surface area contributed by atoms with Gasteiger partial charge >= 0.3 is 6.16 Å². The molecule has 0 fully saturated rings. The molecule has 0 aromatic carbocycles. The van der Waals surface area contributed by atoms with Crippen LogP contribution < -0.4 is 0 Å². The molecule has 0 amide bonds. The molecule has 4 nitrogen and oxygen atoms in total. The van der Waals surface area contributed by atoms with Gasteiger partial charge in [0.25, 0.3) is 0 Å². The Balaban J connectivity index is 2.15. The van der Waals surface area contributed by atoms with Crippen LogP contribution in [0, 0.1) is 5.92 Å². The van der Waals surface area contributed by atoms with E-state index in [0.717, 1.165) is 12.8 Å². The monoisotopic (exact) mass is 199 g/mol. The summed E-state index contributed by atoms with van der Waals surface area (Å²) in [5.41, 5.74) is 0. The maximum atomic E-state index is 10.2. The lowest BCUT2D eigenvalue weighted by molar-refractivity contribution is 0.0528. The van der Waals surface area contributed by atoms with Crippen LogP contribution in [0.5, 0.6) is 0 Å². The zero-order chi connectivity index (χ0) is 10.4. The number of hydrogen-bond acceptors (Lipinski definition) is 3. The molecule has 1 rings (SSSR count). The SMILES string of the molecule is CCCCCC1C=NC(OC(=O)O)C1. The smallest absolute Gasteiger partial charge is 0.450 e. The van der Waals surface area contributed by atoms with Crippen molar-refractivity contribution in [3.05, 3.63) is 0 Å². The van der Waals surface area contributed by atoms with Gasteiger partial charge in [-0.15, -0.1) is 0 Å². The summed E-state index contributed by atoms with van der Waals surface area (Å²) < 4.78 is 4.57. The van der Waals surface area contributed by atoms with Gasteiger partial charge in [0, 0.05) is 12.6 Å². The van der Waals surface area contributed by atoms with Crippen molar-refractivity contribution in [1.82, 2.24) is 0 Å². The van der Waals surface area contributed by atoms with E-state index >= 15 is 0 Å². The fraction of sp³-hybridized carbons (Fsp3) is 0.800. The molecule has 4 heteroatoms. The number of aliphatic imine (C=N–C) groups is 1. The Morgan fingerprint density at radius 1 is 1.64 bits per heavy atom. The van der Waals surface area contributed by atoms with Crippen molar-refractivity contribution >= 4 is 12.4 Å². The summed E-state index contributed by atoms with van der Waals surface area (Å²) >= 11 is 0. The van der Waals surface area contributed by atoms with Gasteiger partial charge in [-0.1, -0.05) is 26.2 Å². The minimum Gasteiger partial charge on any atom is -0.450 e. The molecule has 1 heterocycles. The van der Waals surface area contributed by atoms with Crippen molar-refractivity contribution in [2.75, 3.05) is 0 Å². The molecule has 2 atom stereocenters. The zero-order valence-electron chi connectivity index (χ0n) is 8.48. The van der Waals surface area contributed by atoms with E-state index in [1.54, 1.807) is 0 Å². The lowest BCUT2D eigenvalue weighted by Crippen LogP contribution is -2.13. The maximum Gasteiger partial charge on any atom is 0.507 e. The van der Waals surface area contributed by atoms with Gasteiger partial charge in [-0.05, 0) is 12.3 Å². The molecular formula is C10H17NO3. The highest BCUT2D eigenvalue weighted by Gasteiger charge is 2.22. The number of ether oxygens (including phenoxy) is 1. The predicted molar refractivity (Wildman–Crippen MR) is 53.6 cm³/mol. The van der Waals surface area contributed by atoms with Gasteiger partial charge in [-0.3, -0.25) is 4.99 Å². The Kier molecular flexibility index (Phi) is 4.43. The lowest BCUT2D eigenvalue weighted by atomic mass is 10.0. The molecule has 1 aliphatic rings. The van der Waals surface area contributed by atoms with E-state index in [1.165, 1.54) is 19.3 Å². The average Bonchev–Trinajstić information content (AvgIpc) is 2.52. The van der Waals surface area contributed by atoms with Gasteiger partial charge in [-0.2, -0.15) is 0 Å². The highest BCUT2D eigenvalue weighted by molar-refractivity contribution is 5.64. The van der Waals surface area contributed by atoms with Crippen LogP contribution in [0.15, 0.2) is 4.99 Å². The van der Waals surface area contributed by atoms with Crippen LogP contribution in [-0.4, -0.2) is 23.7 Å². The summed E-state index contributed by atoms with van der Waals surface area (Å²) in [7, 11) is 0. The van der Waals surface area contributed by atoms with E-state index in [1.807, 2.05) is 6.21 Å². The summed E-state index contributed by atoms with van der Waals surface area (Å²) in [6, 6.07) is 0. The first-order valence-electron chi connectivity index (χ1n) is 5.15. The molecule has 0 aliphatic carbocycles. The van der Waals surface area contributed by atoms with Crippen LogP contribution >= 0.6 is 0 Å². The maximum absolute atomic E-state index is 10.2. The van der Waals surface area contributed by atoms with Crippen molar-refractivity contribution in [2.24, 2.45) is 10.9 Å². The highest BCUT2D eigenvalue weighted by Crippen LogP contribution is 2.21. The van der Waals surface area contributed by atoms with E-state index in [0.29, 0.717) is 5.92 Å². The molecule has 14 heavy (non-hydrogen) atoms. The van der Waals surface area contributed by atoms with Crippen LogP contribution in [0.4, 0.5) is 4.79 Å². The molecule has 2 unspecified atom stereocenters. The van der Waals surface area contributed by atoms with Crippen molar-refractivity contribution in [1.29, 1.82) is 0 Å². The number of nitrogens with zero attached hydrogens (tertiary/aromatic N) is 1. The van der Waals surface area contributed by atoms with Crippen molar-refractivity contribution in [2.45, 2.75) is 45.3 Å². The van der Waals surface area contributed by atoms with Crippen molar-refractivity contribution in [3.8, 4) is 0 Å². The Hall–Kier alpha value is -1.06.